The molecule has 8 heteroatoms. The molecule has 0 fully saturated rings. The van der Waals surface area contributed by atoms with E-state index in [1.807, 2.05) is 19.1 Å². The highest BCUT2D eigenvalue weighted by molar-refractivity contribution is 7.95. The third-order valence-electron chi connectivity index (χ3n) is 2.94. The van der Waals surface area contributed by atoms with Crippen molar-refractivity contribution in [2.75, 3.05) is 35.2 Å². The Morgan fingerprint density at radius 3 is 2.10 bits per heavy atom. The van der Waals surface area contributed by atoms with Gasteiger partial charge in [0.15, 0.2) is 0 Å². The van der Waals surface area contributed by atoms with Crippen LogP contribution < -0.4 is 10.0 Å². The fourth-order valence-electron chi connectivity index (χ4n) is 1.74. The number of hydrogen-bond acceptors (Lipinski definition) is 5. The average molecular weight is 334 g/mol. The predicted octanol–water partition coefficient (Wildman–Crippen LogP) is 0.525. The van der Waals surface area contributed by atoms with E-state index < -0.39 is 25.6 Å². The first-order valence-corrected chi connectivity index (χ1v) is 10.3. The van der Waals surface area contributed by atoms with Crippen LogP contribution in [0.5, 0.6) is 0 Å². The van der Waals surface area contributed by atoms with Crippen molar-refractivity contribution < 1.29 is 16.8 Å². The average Bonchev–Trinajstić information content (AvgIpc) is 2.38. The molecule has 0 unspecified atom stereocenters. The highest BCUT2D eigenvalue weighted by Gasteiger charge is 2.23. The number of sulfone groups is 1. The molecule has 2 N–H and O–H groups in total. The number of aryl methyl sites for hydroxylation is 1. The second kappa shape index (κ2) is 7.24. The van der Waals surface area contributed by atoms with Gasteiger partial charge in [-0.05, 0) is 32.0 Å². The van der Waals surface area contributed by atoms with Gasteiger partial charge in [-0.3, -0.25) is 4.31 Å². The number of nitrogens with two attached hydrogens (primary N) is 1. The van der Waals surface area contributed by atoms with Crippen LogP contribution in [0.25, 0.3) is 0 Å². The minimum atomic E-state index is -3.70. The van der Waals surface area contributed by atoms with E-state index in [-0.39, 0.29) is 12.3 Å². The minimum absolute atomic E-state index is 0.242. The number of anilines is 1. The second-order valence-electron chi connectivity index (χ2n) is 5.00. The van der Waals surface area contributed by atoms with Crippen molar-refractivity contribution in [1.82, 2.24) is 0 Å². The highest BCUT2D eigenvalue weighted by Crippen LogP contribution is 2.19. The summed E-state index contributed by atoms with van der Waals surface area (Å²) in [5.74, 6) is -0.815. The molecule has 1 rings (SSSR count). The van der Waals surface area contributed by atoms with Gasteiger partial charge in [0.1, 0.15) is 9.84 Å². The summed E-state index contributed by atoms with van der Waals surface area (Å²) < 4.78 is 48.4. The molecule has 21 heavy (non-hydrogen) atoms. The largest absolute Gasteiger partial charge is 0.330 e. The van der Waals surface area contributed by atoms with Gasteiger partial charge in [-0.25, -0.2) is 16.8 Å². The Labute approximate surface area is 126 Å². The third-order valence-corrected chi connectivity index (χ3v) is 5.92. The first kappa shape index (κ1) is 17.9. The van der Waals surface area contributed by atoms with E-state index in [1.165, 1.54) is 4.31 Å². The molecule has 0 saturated carbocycles. The Hall–Kier alpha value is -1.12. The first-order chi connectivity index (χ1) is 9.65. The lowest BCUT2D eigenvalue weighted by atomic mass is 10.2. The molecule has 1 aromatic carbocycles. The van der Waals surface area contributed by atoms with Crippen molar-refractivity contribution in [3.63, 3.8) is 0 Å². The Morgan fingerprint density at radius 2 is 1.62 bits per heavy atom. The van der Waals surface area contributed by atoms with Gasteiger partial charge in [-0.1, -0.05) is 17.7 Å². The maximum Gasteiger partial charge on any atom is 0.236 e. The van der Waals surface area contributed by atoms with Gasteiger partial charge in [0.25, 0.3) is 0 Å². The normalized spacial score (nSPS) is 12.3. The zero-order valence-electron chi connectivity index (χ0n) is 12.3. The molecule has 0 heterocycles. The number of sulfonamides is 1. The summed E-state index contributed by atoms with van der Waals surface area (Å²) in [5.41, 5.74) is 7.00. The van der Waals surface area contributed by atoms with Crippen LogP contribution >= 0.6 is 0 Å². The monoisotopic (exact) mass is 334 g/mol. The number of rotatable bonds is 8. The summed E-state index contributed by atoms with van der Waals surface area (Å²) in [5, 5.41) is 0. The summed E-state index contributed by atoms with van der Waals surface area (Å²) >= 11 is 0. The Morgan fingerprint density at radius 1 is 1.05 bits per heavy atom. The molecule has 6 nitrogen and oxygen atoms in total. The topological polar surface area (TPSA) is 97.5 Å². The van der Waals surface area contributed by atoms with Gasteiger partial charge in [0.2, 0.25) is 10.0 Å². The van der Waals surface area contributed by atoms with E-state index in [1.54, 1.807) is 12.1 Å². The molecule has 0 aliphatic rings. The van der Waals surface area contributed by atoms with Crippen molar-refractivity contribution in [1.29, 1.82) is 0 Å². The fourth-order valence-corrected chi connectivity index (χ4v) is 4.87. The van der Waals surface area contributed by atoms with Crippen molar-refractivity contribution in [2.24, 2.45) is 5.73 Å². The summed E-state index contributed by atoms with van der Waals surface area (Å²) in [7, 11) is -7.03. The van der Waals surface area contributed by atoms with Crippen LogP contribution in [0.2, 0.25) is 0 Å². The molecule has 0 bridgehead atoms. The molecule has 0 amide bonds. The smallest absolute Gasteiger partial charge is 0.236 e. The molecular weight excluding hydrogens is 312 g/mol. The van der Waals surface area contributed by atoms with Gasteiger partial charge in [-0.2, -0.15) is 0 Å². The molecule has 0 aliphatic carbocycles. The van der Waals surface area contributed by atoms with E-state index in [2.05, 4.69) is 0 Å². The lowest BCUT2D eigenvalue weighted by molar-refractivity contribution is 0.585. The Bertz CT molecular complexity index is 652. The van der Waals surface area contributed by atoms with E-state index in [9.17, 15) is 16.8 Å². The van der Waals surface area contributed by atoms with E-state index in [0.29, 0.717) is 18.7 Å². The first-order valence-electron chi connectivity index (χ1n) is 6.60. The molecule has 0 aromatic heterocycles. The molecule has 0 saturated heterocycles. The lowest BCUT2D eigenvalue weighted by Crippen LogP contribution is -2.36. The van der Waals surface area contributed by atoms with Crippen molar-refractivity contribution >= 4 is 25.5 Å². The van der Waals surface area contributed by atoms with Gasteiger partial charge in [0, 0.05) is 12.8 Å². The van der Waals surface area contributed by atoms with Crippen molar-refractivity contribution in [3.8, 4) is 0 Å². The zero-order valence-corrected chi connectivity index (χ0v) is 14.0. The number of hydrogen-bond donors (Lipinski definition) is 1. The summed E-state index contributed by atoms with van der Waals surface area (Å²) in [6, 6.07) is 7.06. The Balaban J connectivity index is 3.03. The van der Waals surface area contributed by atoms with Gasteiger partial charge in [-0.15, -0.1) is 0 Å². The van der Waals surface area contributed by atoms with E-state index >= 15 is 0 Å². The maximum atomic E-state index is 12.4. The standard InChI is InChI=1S/C13H22N2O4S2/c1-12-4-6-13(7-5-12)15(9-3-8-14)21(18,19)11-10-20(2,16)17/h4-7H,3,8-11,14H2,1-2H3. The van der Waals surface area contributed by atoms with Crippen molar-refractivity contribution in [2.45, 2.75) is 13.3 Å². The number of benzene rings is 1. The molecule has 0 aliphatic heterocycles. The van der Waals surface area contributed by atoms with E-state index in [4.69, 9.17) is 5.73 Å². The van der Waals surface area contributed by atoms with Crippen LogP contribution in [0.1, 0.15) is 12.0 Å². The quantitative estimate of drug-likeness (QED) is 0.747. The molecule has 120 valence electrons. The summed E-state index contributed by atoms with van der Waals surface area (Å²) in [4.78, 5) is 0. The fraction of sp³-hybridized carbons (Fsp3) is 0.538. The number of nitrogens with zero attached hydrogens (tertiary/aromatic N) is 1. The van der Waals surface area contributed by atoms with Crippen LogP contribution in [0.4, 0.5) is 5.69 Å². The Kier molecular flexibility index (Phi) is 6.18. The molecule has 1 aromatic rings. The van der Waals surface area contributed by atoms with Crippen LogP contribution in [-0.4, -0.2) is 47.7 Å². The van der Waals surface area contributed by atoms with Crippen molar-refractivity contribution in [3.05, 3.63) is 29.8 Å². The van der Waals surface area contributed by atoms with E-state index in [0.717, 1.165) is 11.8 Å². The molecule has 0 atom stereocenters. The van der Waals surface area contributed by atoms with Crippen LogP contribution in [0, 0.1) is 6.92 Å². The van der Waals surface area contributed by atoms with Crippen LogP contribution in [-0.2, 0) is 19.9 Å². The second-order valence-corrected chi connectivity index (χ2v) is 9.27. The lowest BCUT2D eigenvalue weighted by Gasteiger charge is -2.24. The summed E-state index contributed by atoms with van der Waals surface area (Å²) in [6.07, 6.45) is 1.53. The van der Waals surface area contributed by atoms with Gasteiger partial charge in [0.05, 0.1) is 17.2 Å². The highest BCUT2D eigenvalue weighted by atomic mass is 32.2. The van der Waals surface area contributed by atoms with Crippen LogP contribution in [0.3, 0.4) is 0 Å². The van der Waals surface area contributed by atoms with Gasteiger partial charge < -0.3 is 5.73 Å². The SMILES string of the molecule is Cc1ccc(N(CCCN)S(=O)(=O)CCS(C)(=O)=O)cc1. The third kappa shape index (κ3) is 6.03. The maximum absolute atomic E-state index is 12.4. The summed E-state index contributed by atoms with van der Waals surface area (Å²) in [6.45, 7) is 2.52. The zero-order chi connectivity index (χ0) is 16.1. The molecule has 0 spiro atoms. The molecule has 0 radical (unpaired) electrons. The van der Waals surface area contributed by atoms with Gasteiger partial charge >= 0.3 is 0 Å². The molecular formula is C13H22N2O4S2. The van der Waals surface area contributed by atoms with Crippen LogP contribution in [0.15, 0.2) is 24.3 Å². The minimum Gasteiger partial charge on any atom is -0.330 e. The predicted molar refractivity (Wildman–Crippen MR) is 85.7 cm³/mol.